The van der Waals surface area contributed by atoms with E-state index in [1.165, 1.54) is 7.11 Å². The third-order valence-electron chi connectivity index (χ3n) is 12.8. The van der Waals surface area contributed by atoms with E-state index < -0.39 is 46.2 Å². The van der Waals surface area contributed by atoms with Crippen molar-refractivity contribution in [1.82, 2.24) is 0 Å². The Balaban J connectivity index is 1.97. The Morgan fingerprint density at radius 1 is 1.00 bits per heavy atom. The van der Waals surface area contributed by atoms with E-state index in [1.54, 1.807) is 6.92 Å². The maximum absolute atomic E-state index is 14.7. The minimum atomic E-state index is -1.67. The van der Waals surface area contributed by atoms with Crippen LogP contribution in [0.1, 0.15) is 132 Å². The number of fused-ring (bicyclic) bond motifs is 4. The number of carbonyl (C=O) groups is 4. The van der Waals surface area contributed by atoms with Gasteiger partial charge in [0.05, 0.1) is 41.3 Å². The largest absolute Gasteiger partial charge is 0.469 e. The fourth-order valence-corrected chi connectivity index (χ4v) is 9.50. The number of rotatable bonds is 2. The maximum Gasteiger partial charge on any atom is 0.313 e. The Bertz CT molecular complexity index is 1360. The summed E-state index contributed by atoms with van der Waals surface area (Å²) in [5.41, 5.74) is -1.24. The van der Waals surface area contributed by atoms with Crippen LogP contribution < -0.4 is 0 Å². The van der Waals surface area contributed by atoms with Gasteiger partial charge in [0.2, 0.25) is 0 Å². The van der Waals surface area contributed by atoms with Crippen molar-refractivity contribution in [2.75, 3.05) is 7.11 Å². The number of ether oxygens (including phenoxy) is 2. The van der Waals surface area contributed by atoms with E-state index in [4.69, 9.17) is 21.1 Å². The normalized spacial score (nSPS) is 42.7. The average molecular weight is 719 g/mol. The molecule has 0 aromatic rings. The molecule has 9 heteroatoms. The van der Waals surface area contributed by atoms with E-state index in [-0.39, 0.29) is 78.9 Å². The van der Waals surface area contributed by atoms with Gasteiger partial charge in [0.25, 0.3) is 0 Å². The zero-order valence-electron chi connectivity index (χ0n) is 32.0. The van der Waals surface area contributed by atoms with Crippen LogP contribution in [0.4, 0.5) is 0 Å². The van der Waals surface area contributed by atoms with Crippen LogP contribution in [0.5, 0.6) is 0 Å². The van der Waals surface area contributed by atoms with Gasteiger partial charge in [-0.15, -0.1) is 11.6 Å². The Labute approximate surface area is 305 Å². The van der Waals surface area contributed by atoms with Gasteiger partial charge in [-0.05, 0) is 83.6 Å². The summed E-state index contributed by atoms with van der Waals surface area (Å²) >= 11 is 6.85. The molecule has 0 radical (unpaired) electrons. The van der Waals surface area contributed by atoms with Crippen molar-refractivity contribution in [3.63, 3.8) is 0 Å². The van der Waals surface area contributed by atoms with Crippen LogP contribution in [0, 0.1) is 40.9 Å². The van der Waals surface area contributed by atoms with Crippen molar-refractivity contribution in [2.24, 2.45) is 40.9 Å². The molecular formula is C41H63ClO8. The summed E-state index contributed by atoms with van der Waals surface area (Å²) in [6.45, 7) is 15.3. The second-order valence-corrected chi connectivity index (χ2v) is 17.9. The van der Waals surface area contributed by atoms with Gasteiger partial charge in [0.15, 0.2) is 0 Å². The number of aliphatic hydroxyl groups excluding tert-OH is 1. The summed E-state index contributed by atoms with van der Waals surface area (Å²) in [6.07, 6.45) is 5.68. The highest BCUT2D eigenvalue weighted by molar-refractivity contribution is 6.21. The first-order valence-electron chi connectivity index (χ1n) is 19.0. The molecule has 8 nitrogen and oxygen atoms in total. The average Bonchev–Trinajstić information content (AvgIpc) is 3.69. The number of ketones is 3. The van der Waals surface area contributed by atoms with Crippen LogP contribution in [-0.4, -0.2) is 69.4 Å². The number of esters is 1. The van der Waals surface area contributed by atoms with E-state index >= 15 is 0 Å². The summed E-state index contributed by atoms with van der Waals surface area (Å²) in [4.78, 5) is 57.5. The van der Waals surface area contributed by atoms with Gasteiger partial charge in [-0.25, -0.2) is 0 Å². The zero-order valence-corrected chi connectivity index (χ0v) is 32.7. The molecule has 0 unspecified atom stereocenters. The molecule has 1 saturated heterocycles. The second kappa shape index (κ2) is 16.0. The lowest BCUT2D eigenvalue weighted by molar-refractivity contribution is -0.166. The van der Waals surface area contributed by atoms with E-state index in [9.17, 15) is 29.4 Å². The summed E-state index contributed by atoms with van der Waals surface area (Å²) in [7, 11) is 1.29. The van der Waals surface area contributed by atoms with Crippen LogP contribution in [0.3, 0.4) is 0 Å². The standard InChI is InChI=1S/C41H63ClO8/c1-23(2)28-20-31(43)26(5)12-10-11-24(3)18-32(44)29-19-27(6)37-30(41(29,22-33(28)45)38(47)49-9)17-25(4)13-14-36-40(8,50-36)16-15-35(42)39(7,48)21-34(37)46/h17,23-24,26,28-30,34-36,46,48H,10-16,18-22H2,1-9H3/b25-17+/t24-,26+,28-,29+,30-,34-,35+,36-,39-,40-,41+/m1/s1. The van der Waals surface area contributed by atoms with E-state index in [0.29, 0.717) is 31.3 Å². The van der Waals surface area contributed by atoms with Crippen molar-refractivity contribution >= 4 is 34.9 Å². The number of allylic oxidation sites excluding steroid dienone is 3. The first kappa shape index (κ1) is 40.9. The molecule has 0 aromatic carbocycles. The van der Waals surface area contributed by atoms with Crippen molar-refractivity contribution < 1.29 is 38.9 Å². The Morgan fingerprint density at radius 3 is 2.32 bits per heavy atom. The van der Waals surface area contributed by atoms with Crippen LogP contribution in [0.2, 0.25) is 0 Å². The molecule has 4 aliphatic rings. The molecule has 1 heterocycles. The summed E-state index contributed by atoms with van der Waals surface area (Å²) in [5, 5.41) is 23.2. The Hall–Kier alpha value is -1.87. The maximum atomic E-state index is 14.7. The van der Waals surface area contributed by atoms with Gasteiger partial charge < -0.3 is 19.7 Å². The van der Waals surface area contributed by atoms with Crippen molar-refractivity contribution in [3.8, 4) is 0 Å². The SMILES string of the molecule is COC(=O)[C@@]12CC(=O)[C@@H](C(C)C)CC(=O)[C@@H](C)CCC[C@@H](C)CC(=O)[C@@H]1CC(C)=C1[C@H](O)C[C@@](C)(O)[C@@H](Cl)CC[C@@]3(C)O[C@@H]3CC/C(C)=C/[C@H]12. The quantitative estimate of drug-likeness (QED) is 0.130. The van der Waals surface area contributed by atoms with Gasteiger partial charge in [0, 0.05) is 49.4 Å². The highest BCUT2D eigenvalue weighted by Gasteiger charge is 2.60. The molecule has 3 aliphatic carbocycles. The van der Waals surface area contributed by atoms with Crippen LogP contribution in [0.15, 0.2) is 22.8 Å². The topological polar surface area (TPSA) is 130 Å². The highest BCUT2D eigenvalue weighted by Crippen LogP contribution is 2.56. The molecule has 11 atom stereocenters. The van der Waals surface area contributed by atoms with Crippen LogP contribution in [0.25, 0.3) is 0 Å². The minimum Gasteiger partial charge on any atom is -0.469 e. The number of hydrogen-bond donors (Lipinski definition) is 2. The molecule has 282 valence electrons. The van der Waals surface area contributed by atoms with Gasteiger partial charge in [0.1, 0.15) is 17.3 Å². The lowest BCUT2D eigenvalue weighted by Crippen LogP contribution is -2.55. The summed E-state index contributed by atoms with van der Waals surface area (Å²) < 4.78 is 11.7. The second-order valence-electron chi connectivity index (χ2n) is 17.3. The van der Waals surface area contributed by atoms with Crippen LogP contribution in [-0.2, 0) is 28.7 Å². The third kappa shape index (κ3) is 8.66. The van der Waals surface area contributed by atoms with Crippen molar-refractivity contribution in [1.29, 1.82) is 0 Å². The third-order valence-corrected chi connectivity index (χ3v) is 13.5. The van der Waals surface area contributed by atoms with E-state index in [0.717, 1.165) is 30.4 Å². The van der Waals surface area contributed by atoms with Gasteiger partial charge in [-0.1, -0.05) is 57.8 Å². The summed E-state index contributed by atoms with van der Waals surface area (Å²) in [5.74, 6) is -3.73. The van der Waals surface area contributed by atoms with Gasteiger partial charge in [-0.3, -0.25) is 19.2 Å². The first-order valence-corrected chi connectivity index (χ1v) is 19.5. The monoisotopic (exact) mass is 718 g/mol. The number of Topliss-reactive ketones (excluding diaryl/α,β-unsaturated/α-hetero) is 3. The smallest absolute Gasteiger partial charge is 0.313 e. The first-order chi connectivity index (χ1) is 23.3. The molecule has 0 spiro atoms. The number of alkyl halides is 1. The summed E-state index contributed by atoms with van der Waals surface area (Å²) in [6, 6.07) is 0. The molecular weight excluding hydrogens is 656 g/mol. The molecule has 0 amide bonds. The molecule has 50 heavy (non-hydrogen) atoms. The molecule has 1 saturated carbocycles. The number of halogens is 1. The number of methoxy groups -OCH3 is 1. The molecule has 2 fully saturated rings. The number of epoxide rings is 1. The fraction of sp³-hybridized carbons (Fsp3) is 0.805. The Morgan fingerprint density at radius 2 is 1.68 bits per heavy atom. The highest BCUT2D eigenvalue weighted by atomic mass is 35.5. The molecule has 4 rings (SSSR count). The predicted octanol–water partition coefficient (Wildman–Crippen LogP) is 7.49. The zero-order chi connectivity index (χ0) is 37.3. The van der Waals surface area contributed by atoms with Gasteiger partial charge in [-0.2, -0.15) is 0 Å². The van der Waals surface area contributed by atoms with E-state index in [1.807, 2.05) is 47.6 Å². The van der Waals surface area contributed by atoms with Crippen molar-refractivity contribution in [3.05, 3.63) is 22.8 Å². The Kier molecular flexibility index (Phi) is 13.1. The number of aliphatic hydroxyl groups is 2. The lowest BCUT2D eigenvalue weighted by atomic mass is 9.52. The molecule has 0 aromatic heterocycles. The predicted molar refractivity (Wildman–Crippen MR) is 195 cm³/mol. The lowest BCUT2D eigenvalue weighted by Gasteiger charge is -2.49. The van der Waals surface area contributed by atoms with Gasteiger partial charge >= 0.3 is 5.97 Å². The van der Waals surface area contributed by atoms with Crippen LogP contribution >= 0.6 is 11.6 Å². The molecule has 1 aliphatic heterocycles. The number of hydrogen-bond acceptors (Lipinski definition) is 8. The van der Waals surface area contributed by atoms with E-state index in [2.05, 4.69) is 6.92 Å². The molecule has 2 N–H and O–H groups in total. The number of carbonyl (C=O) groups excluding carboxylic acids is 4. The van der Waals surface area contributed by atoms with Crippen molar-refractivity contribution in [2.45, 2.75) is 161 Å². The minimum absolute atomic E-state index is 0.0170. The fourth-order valence-electron chi connectivity index (χ4n) is 9.30. The molecule has 0 bridgehead atoms.